The van der Waals surface area contributed by atoms with Crippen molar-refractivity contribution in [1.29, 1.82) is 0 Å². The Bertz CT molecular complexity index is 1160. The molecule has 0 saturated heterocycles. The quantitative estimate of drug-likeness (QED) is 0.676. The van der Waals surface area contributed by atoms with Gasteiger partial charge < -0.3 is 9.84 Å². The monoisotopic (exact) mass is 404 g/mol. The lowest BCUT2D eigenvalue weighted by atomic mass is 10.0. The molecule has 8 heteroatoms. The first-order chi connectivity index (χ1) is 13.1. The third-order valence-corrected chi connectivity index (χ3v) is 5.06. The van der Waals surface area contributed by atoms with Gasteiger partial charge in [0.2, 0.25) is 0 Å². The van der Waals surface area contributed by atoms with E-state index >= 15 is 0 Å². The highest BCUT2D eigenvalue weighted by molar-refractivity contribution is 7.90. The Morgan fingerprint density at radius 2 is 1.61 bits per heavy atom. The summed E-state index contributed by atoms with van der Waals surface area (Å²) >= 11 is 0. The van der Waals surface area contributed by atoms with Crippen LogP contribution in [-0.4, -0.2) is 25.7 Å². The maximum Gasteiger partial charge on any atom is 0.335 e. The number of rotatable bonds is 5. The highest BCUT2D eigenvalue weighted by Crippen LogP contribution is 2.35. The van der Waals surface area contributed by atoms with Gasteiger partial charge in [-0.3, -0.25) is 0 Å². The number of hydrogen-bond acceptors (Lipinski definition) is 4. The van der Waals surface area contributed by atoms with Crippen molar-refractivity contribution in [3.63, 3.8) is 0 Å². The van der Waals surface area contributed by atoms with E-state index in [1.165, 1.54) is 42.5 Å². The summed E-state index contributed by atoms with van der Waals surface area (Å²) in [7, 11) is -3.38. The Balaban J connectivity index is 2.09. The van der Waals surface area contributed by atoms with Crippen LogP contribution < -0.4 is 4.74 Å². The topological polar surface area (TPSA) is 80.7 Å². The summed E-state index contributed by atoms with van der Waals surface area (Å²) < 4.78 is 55.8. The highest BCUT2D eigenvalue weighted by Gasteiger charge is 2.15. The molecule has 3 aromatic rings. The maximum atomic E-state index is 14.0. The van der Waals surface area contributed by atoms with Gasteiger partial charge in [-0.15, -0.1) is 0 Å². The van der Waals surface area contributed by atoms with Crippen LogP contribution in [0, 0.1) is 11.6 Å². The average molecular weight is 404 g/mol. The minimum atomic E-state index is -3.38. The normalized spacial score (nSPS) is 11.2. The smallest absolute Gasteiger partial charge is 0.335 e. The van der Waals surface area contributed by atoms with Crippen LogP contribution in [0.5, 0.6) is 11.5 Å². The van der Waals surface area contributed by atoms with Crippen molar-refractivity contribution in [2.45, 2.75) is 4.90 Å². The molecule has 0 aliphatic heterocycles. The van der Waals surface area contributed by atoms with Gasteiger partial charge in [0, 0.05) is 17.9 Å². The Kier molecular flexibility index (Phi) is 5.15. The molecule has 3 aromatic carbocycles. The predicted molar refractivity (Wildman–Crippen MR) is 98.4 cm³/mol. The van der Waals surface area contributed by atoms with Crippen molar-refractivity contribution in [2.75, 3.05) is 6.26 Å². The van der Waals surface area contributed by atoms with Crippen LogP contribution in [0.3, 0.4) is 0 Å². The molecule has 0 spiro atoms. The molecule has 0 bridgehead atoms. The number of ether oxygens (including phenoxy) is 1. The van der Waals surface area contributed by atoms with E-state index in [1.807, 2.05) is 0 Å². The van der Waals surface area contributed by atoms with Gasteiger partial charge in [0.15, 0.2) is 21.4 Å². The molecule has 1 N–H and O–H groups in total. The standard InChI is InChI=1S/C20H14F2O5S/c1-28(25,26)15-6-2-12(3-7-15)16-8-4-13(20(23)24)10-19(16)27-18-9-5-14(21)11-17(18)22/h2-11H,1H3,(H,23,24). The minimum Gasteiger partial charge on any atom is -0.478 e. The number of aromatic carboxylic acids is 1. The van der Waals surface area contributed by atoms with E-state index in [9.17, 15) is 27.1 Å². The van der Waals surface area contributed by atoms with Gasteiger partial charge >= 0.3 is 5.97 Å². The highest BCUT2D eigenvalue weighted by atomic mass is 32.2. The molecule has 0 fully saturated rings. The van der Waals surface area contributed by atoms with Crippen LogP contribution >= 0.6 is 0 Å². The first kappa shape index (κ1) is 19.5. The molecule has 0 saturated carbocycles. The number of benzene rings is 3. The van der Waals surface area contributed by atoms with Crippen molar-refractivity contribution in [2.24, 2.45) is 0 Å². The number of hydrogen-bond donors (Lipinski definition) is 1. The summed E-state index contributed by atoms with van der Waals surface area (Å²) in [6.07, 6.45) is 1.08. The first-order valence-electron chi connectivity index (χ1n) is 7.96. The number of halogens is 2. The predicted octanol–water partition coefficient (Wildman–Crippen LogP) is 4.53. The van der Waals surface area contributed by atoms with Gasteiger partial charge in [-0.25, -0.2) is 22.0 Å². The number of carbonyl (C=O) groups is 1. The molecule has 0 atom stereocenters. The lowest BCUT2D eigenvalue weighted by Gasteiger charge is -2.13. The van der Waals surface area contributed by atoms with Crippen molar-refractivity contribution in [3.05, 3.63) is 77.9 Å². The first-order valence-corrected chi connectivity index (χ1v) is 9.85. The number of carboxylic acid groups (broad SMARTS) is 1. The Morgan fingerprint density at radius 3 is 2.18 bits per heavy atom. The van der Waals surface area contributed by atoms with Crippen LogP contribution in [0.2, 0.25) is 0 Å². The molecule has 5 nitrogen and oxygen atoms in total. The Hall–Kier alpha value is -3.26. The molecule has 0 unspecified atom stereocenters. The zero-order chi connectivity index (χ0) is 20.5. The average Bonchev–Trinajstić information content (AvgIpc) is 2.63. The zero-order valence-corrected chi connectivity index (χ0v) is 15.3. The van der Waals surface area contributed by atoms with E-state index in [2.05, 4.69) is 0 Å². The third-order valence-electron chi connectivity index (χ3n) is 3.94. The van der Waals surface area contributed by atoms with Crippen molar-refractivity contribution < 1.29 is 31.8 Å². The molecule has 0 aliphatic carbocycles. The van der Waals surface area contributed by atoms with E-state index < -0.39 is 27.4 Å². The van der Waals surface area contributed by atoms with Crippen LogP contribution in [-0.2, 0) is 9.84 Å². The molecule has 0 aliphatic rings. The molecular weight excluding hydrogens is 390 g/mol. The van der Waals surface area contributed by atoms with Gasteiger partial charge in [0.05, 0.1) is 10.5 Å². The lowest BCUT2D eigenvalue weighted by molar-refractivity contribution is 0.0696. The summed E-state index contributed by atoms with van der Waals surface area (Å²) in [5.41, 5.74) is 0.852. The molecule has 0 heterocycles. The molecule has 0 aromatic heterocycles. The van der Waals surface area contributed by atoms with Gasteiger partial charge in [-0.2, -0.15) is 0 Å². The second-order valence-corrected chi connectivity index (χ2v) is 8.01. The fourth-order valence-corrected chi connectivity index (χ4v) is 3.17. The molecule has 28 heavy (non-hydrogen) atoms. The fraction of sp³-hybridized carbons (Fsp3) is 0.0500. The van der Waals surface area contributed by atoms with Gasteiger partial charge in [0.25, 0.3) is 0 Å². The van der Waals surface area contributed by atoms with E-state index in [1.54, 1.807) is 0 Å². The molecule has 3 rings (SSSR count). The van der Waals surface area contributed by atoms with Gasteiger partial charge in [-0.05, 0) is 48.0 Å². The summed E-state index contributed by atoms with van der Waals surface area (Å²) in [5, 5.41) is 9.21. The zero-order valence-electron chi connectivity index (χ0n) is 14.5. The van der Waals surface area contributed by atoms with Crippen molar-refractivity contribution in [3.8, 4) is 22.6 Å². The van der Waals surface area contributed by atoms with Gasteiger partial charge in [0.1, 0.15) is 11.6 Å². The van der Waals surface area contributed by atoms with Crippen molar-refractivity contribution >= 4 is 15.8 Å². The molecule has 144 valence electrons. The van der Waals surface area contributed by atoms with E-state index in [4.69, 9.17) is 4.74 Å². The molecule has 0 radical (unpaired) electrons. The fourth-order valence-electron chi connectivity index (χ4n) is 2.54. The summed E-state index contributed by atoms with van der Waals surface area (Å²) in [5.74, 6) is -3.18. The van der Waals surface area contributed by atoms with E-state index in [0.29, 0.717) is 17.2 Å². The van der Waals surface area contributed by atoms with E-state index in [0.717, 1.165) is 18.4 Å². The van der Waals surface area contributed by atoms with E-state index in [-0.39, 0.29) is 22.0 Å². The Morgan fingerprint density at radius 1 is 0.929 bits per heavy atom. The second kappa shape index (κ2) is 7.40. The molecule has 0 amide bonds. The maximum absolute atomic E-state index is 14.0. The number of sulfone groups is 1. The van der Waals surface area contributed by atoms with Crippen LogP contribution in [0.4, 0.5) is 8.78 Å². The van der Waals surface area contributed by atoms with Gasteiger partial charge in [-0.1, -0.05) is 12.1 Å². The van der Waals surface area contributed by atoms with Crippen molar-refractivity contribution in [1.82, 2.24) is 0 Å². The number of carboxylic acids is 1. The van der Waals surface area contributed by atoms with Crippen LogP contribution in [0.1, 0.15) is 10.4 Å². The Labute approximate surface area is 159 Å². The third kappa shape index (κ3) is 4.17. The largest absolute Gasteiger partial charge is 0.478 e. The molecular formula is C20H14F2O5S. The summed E-state index contributed by atoms with van der Waals surface area (Å²) in [6.45, 7) is 0. The van der Waals surface area contributed by atoms with Crippen LogP contribution in [0.25, 0.3) is 11.1 Å². The SMILES string of the molecule is CS(=O)(=O)c1ccc(-c2ccc(C(=O)O)cc2Oc2ccc(F)cc2F)cc1. The van der Waals surface area contributed by atoms with Crippen LogP contribution in [0.15, 0.2) is 65.6 Å². The second-order valence-electron chi connectivity index (χ2n) is 5.99. The summed E-state index contributed by atoms with van der Waals surface area (Å²) in [6, 6.07) is 12.6. The lowest BCUT2D eigenvalue weighted by Crippen LogP contribution is -1.99. The minimum absolute atomic E-state index is 0.0255. The summed E-state index contributed by atoms with van der Waals surface area (Å²) in [4.78, 5) is 11.4.